The molecule has 7 heteroatoms. The minimum Gasteiger partial charge on any atom is -0.427 e. The van der Waals surface area contributed by atoms with E-state index in [2.05, 4.69) is 34.1 Å². The number of hydrogen-bond acceptors (Lipinski definition) is 7. The van der Waals surface area contributed by atoms with Crippen LogP contribution in [0.3, 0.4) is 0 Å². The number of nitrogens with one attached hydrogen (secondary N) is 3. The Hall–Kier alpha value is -4.23. The predicted octanol–water partition coefficient (Wildman–Crippen LogP) is 3.58. The first-order valence-electron chi connectivity index (χ1n) is 10.7. The molecular formula is C26H25N5O2. The molecule has 5 N–H and O–H groups in total. The van der Waals surface area contributed by atoms with Gasteiger partial charge in [-0.2, -0.15) is 0 Å². The number of hydrazine groups is 1. The fraction of sp³-hybridized carbons (Fsp3) is 0.115. The molecule has 2 unspecified atom stereocenters. The molecule has 0 radical (unpaired) electrons. The summed E-state index contributed by atoms with van der Waals surface area (Å²) in [6.07, 6.45) is 3.34. The fourth-order valence-corrected chi connectivity index (χ4v) is 4.08. The van der Waals surface area contributed by atoms with E-state index < -0.39 is 0 Å². The molecule has 2 heterocycles. The summed E-state index contributed by atoms with van der Waals surface area (Å²) < 4.78 is 5.46. The quantitative estimate of drug-likeness (QED) is 0.274. The molecular weight excluding hydrogens is 414 g/mol. The molecule has 0 aliphatic carbocycles. The molecule has 7 nitrogen and oxygen atoms in total. The first-order valence-corrected chi connectivity index (χ1v) is 10.7. The molecule has 2 aliphatic heterocycles. The van der Waals surface area contributed by atoms with E-state index in [0.29, 0.717) is 5.75 Å². The predicted molar refractivity (Wildman–Crippen MR) is 128 cm³/mol. The lowest BCUT2D eigenvalue weighted by Crippen LogP contribution is -2.33. The van der Waals surface area contributed by atoms with Crippen molar-refractivity contribution in [3.8, 4) is 5.75 Å². The SMILES string of the molecule is CC(=O)Oc1cc(C2NC=C(c3ccccc3)N2)cc(C2NC(c3ccccc3)=CN2N)c1. The van der Waals surface area contributed by atoms with Crippen LogP contribution in [0.4, 0.5) is 0 Å². The van der Waals surface area contributed by atoms with E-state index in [1.54, 1.807) is 5.01 Å². The molecule has 2 aliphatic rings. The van der Waals surface area contributed by atoms with E-state index in [9.17, 15) is 4.79 Å². The zero-order valence-electron chi connectivity index (χ0n) is 18.2. The molecule has 0 saturated heterocycles. The van der Waals surface area contributed by atoms with Gasteiger partial charge in [0.25, 0.3) is 0 Å². The fourth-order valence-electron chi connectivity index (χ4n) is 4.08. The zero-order chi connectivity index (χ0) is 22.8. The molecule has 0 bridgehead atoms. The van der Waals surface area contributed by atoms with Crippen molar-refractivity contribution in [2.45, 2.75) is 19.3 Å². The maximum atomic E-state index is 11.7. The van der Waals surface area contributed by atoms with Gasteiger partial charge >= 0.3 is 5.97 Å². The van der Waals surface area contributed by atoms with Crippen LogP contribution in [0.1, 0.15) is 41.5 Å². The van der Waals surface area contributed by atoms with E-state index in [1.165, 1.54) is 6.92 Å². The summed E-state index contributed by atoms with van der Waals surface area (Å²) in [5.41, 5.74) is 5.86. The number of carbonyl (C=O) groups is 1. The van der Waals surface area contributed by atoms with Crippen LogP contribution in [-0.4, -0.2) is 11.0 Å². The van der Waals surface area contributed by atoms with Crippen molar-refractivity contribution in [3.63, 3.8) is 0 Å². The number of rotatable bonds is 5. The third-order valence-corrected chi connectivity index (χ3v) is 5.59. The number of ether oxygens (including phenoxy) is 1. The highest BCUT2D eigenvalue weighted by atomic mass is 16.5. The van der Waals surface area contributed by atoms with Crippen molar-refractivity contribution in [1.82, 2.24) is 21.0 Å². The Labute approximate surface area is 192 Å². The normalized spacial score (nSPS) is 19.2. The number of nitrogens with two attached hydrogens (primary N) is 1. The third-order valence-electron chi connectivity index (χ3n) is 5.59. The smallest absolute Gasteiger partial charge is 0.308 e. The Morgan fingerprint density at radius 3 is 2.18 bits per heavy atom. The maximum absolute atomic E-state index is 11.7. The second kappa shape index (κ2) is 8.72. The van der Waals surface area contributed by atoms with Gasteiger partial charge in [-0.15, -0.1) is 0 Å². The second-order valence-corrected chi connectivity index (χ2v) is 8.00. The minimum absolute atomic E-state index is 0.177. The van der Waals surface area contributed by atoms with Gasteiger partial charge in [0, 0.05) is 19.3 Å². The summed E-state index contributed by atoms with van der Waals surface area (Å²) in [4.78, 5) is 11.7. The molecule has 0 amide bonds. The summed E-state index contributed by atoms with van der Waals surface area (Å²) in [6, 6.07) is 25.9. The van der Waals surface area contributed by atoms with Crippen molar-refractivity contribution in [2.24, 2.45) is 5.84 Å². The van der Waals surface area contributed by atoms with Crippen molar-refractivity contribution in [2.75, 3.05) is 0 Å². The van der Waals surface area contributed by atoms with Gasteiger partial charge in [0.05, 0.1) is 11.4 Å². The van der Waals surface area contributed by atoms with Crippen LogP contribution in [0, 0.1) is 0 Å². The molecule has 0 spiro atoms. The van der Waals surface area contributed by atoms with Crippen LogP contribution >= 0.6 is 0 Å². The summed E-state index contributed by atoms with van der Waals surface area (Å²) in [5.74, 6) is 6.43. The highest BCUT2D eigenvalue weighted by molar-refractivity contribution is 5.70. The standard InChI is InChI=1S/C26H25N5O2/c1-17(32)33-22-13-20(25-28-15-23(29-25)18-8-4-2-5-9-18)12-21(14-22)26-30-24(16-31(26)27)19-10-6-3-7-11-19/h2-16,25-26,28-30H,27H2,1H3. The van der Waals surface area contributed by atoms with E-state index in [0.717, 1.165) is 33.6 Å². The Kier molecular flexibility index (Phi) is 5.46. The number of nitrogens with zero attached hydrogens (tertiary/aromatic N) is 1. The van der Waals surface area contributed by atoms with Crippen molar-refractivity contribution >= 4 is 17.4 Å². The maximum Gasteiger partial charge on any atom is 0.308 e. The first-order chi connectivity index (χ1) is 16.1. The van der Waals surface area contributed by atoms with Gasteiger partial charge in [-0.3, -0.25) is 9.80 Å². The van der Waals surface area contributed by atoms with Gasteiger partial charge in [0.1, 0.15) is 18.1 Å². The van der Waals surface area contributed by atoms with E-state index in [-0.39, 0.29) is 18.3 Å². The van der Waals surface area contributed by atoms with Gasteiger partial charge < -0.3 is 20.7 Å². The van der Waals surface area contributed by atoms with E-state index >= 15 is 0 Å². The van der Waals surface area contributed by atoms with Gasteiger partial charge in [0.15, 0.2) is 0 Å². The lowest BCUT2D eigenvalue weighted by molar-refractivity contribution is -0.131. The molecule has 5 rings (SSSR count). The van der Waals surface area contributed by atoms with Crippen molar-refractivity contribution in [3.05, 3.63) is 114 Å². The molecule has 2 atom stereocenters. The molecule has 3 aromatic rings. The lowest BCUT2D eigenvalue weighted by atomic mass is 10.0. The van der Waals surface area contributed by atoms with Gasteiger partial charge in [-0.25, -0.2) is 5.84 Å². The summed E-state index contributed by atoms with van der Waals surface area (Å²) in [6.45, 7) is 1.39. The minimum atomic E-state index is -0.374. The highest BCUT2D eigenvalue weighted by Crippen LogP contribution is 2.33. The molecule has 33 heavy (non-hydrogen) atoms. The van der Waals surface area contributed by atoms with Crippen molar-refractivity contribution in [1.29, 1.82) is 0 Å². The van der Waals surface area contributed by atoms with Crippen LogP contribution in [0.5, 0.6) is 5.75 Å². The summed E-state index contributed by atoms with van der Waals surface area (Å²) >= 11 is 0. The molecule has 0 saturated carbocycles. The number of benzene rings is 3. The monoisotopic (exact) mass is 439 g/mol. The van der Waals surface area contributed by atoms with Crippen LogP contribution in [0.2, 0.25) is 0 Å². The Morgan fingerprint density at radius 2 is 1.52 bits per heavy atom. The highest BCUT2D eigenvalue weighted by Gasteiger charge is 2.27. The number of hydrogen-bond donors (Lipinski definition) is 4. The van der Waals surface area contributed by atoms with Gasteiger partial charge in [-0.05, 0) is 40.5 Å². The number of carbonyl (C=O) groups excluding carboxylic acids is 1. The zero-order valence-corrected chi connectivity index (χ0v) is 18.2. The van der Waals surface area contributed by atoms with E-state index in [4.69, 9.17) is 10.6 Å². The molecule has 0 fully saturated rings. The Bertz CT molecular complexity index is 1220. The first kappa shape index (κ1) is 20.7. The Morgan fingerprint density at radius 1 is 0.879 bits per heavy atom. The molecule has 0 aromatic heterocycles. The van der Waals surface area contributed by atoms with Crippen LogP contribution < -0.4 is 26.5 Å². The Balaban J connectivity index is 1.42. The third kappa shape index (κ3) is 4.40. The average Bonchev–Trinajstić information content (AvgIpc) is 3.47. The van der Waals surface area contributed by atoms with Crippen LogP contribution in [0.15, 0.2) is 91.3 Å². The van der Waals surface area contributed by atoms with E-state index in [1.807, 2.05) is 73.1 Å². The lowest BCUT2D eigenvalue weighted by Gasteiger charge is -2.24. The molecule has 166 valence electrons. The van der Waals surface area contributed by atoms with Crippen molar-refractivity contribution < 1.29 is 9.53 Å². The largest absolute Gasteiger partial charge is 0.427 e. The number of esters is 1. The second-order valence-electron chi connectivity index (χ2n) is 8.00. The van der Waals surface area contributed by atoms with Gasteiger partial charge in [0.2, 0.25) is 0 Å². The van der Waals surface area contributed by atoms with Gasteiger partial charge in [-0.1, -0.05) is 60.7 Å². The van der Waals surface area contributed by atoms with Crippen LogP contribution in [0.25, 0.3) is 11.4 Å². The topological polar surface area (TPSA) is 91.6 Å². The average molecular weight is 440 g/mol. The molecule has 3 aromatic carbocycles. The van der Waals surface area contributed by atoms with Crippen LogP contribution in [-0.2, 0) is 4.79 Å². The summed E-state index contributed by atoms with van der Waals surface area (Å²) in [5, 5.41) is 12.0. The summed E-state index contributed by atoms with van der Waals surface area (Å²) in [7, 11) is 0.